The van der Waals surface area contributed by atoms with E-state index < -0.39 is 11.0 Å². The van der Waals surface area contributed by atoms with Crippen molar-refractivity contribution in [3.05, 3.63) is 64.5 Å². The molecule has 0 radical (unpaired) electrons. The molecule has 0 fully saturated rings. The van der Waals surface area contributed by atoms with Crippen LogP contribution in [0.25, 0.3) is 0 Å². The van der Waals surface area contributed by atoms with Gasteiger partial charge in [0.2, 0.25) is 0 Å². The van der Waals surface area contributed by atoms with Gasteiger partial charge in [0.25, 0.3) is 5.69 Å². The lowest BCUT2D eigenvalue weighted by molar-refractivity contribution is -0.384. The number of carbonyl (C=O) groups is 1. The van der Waals surface area contributed by atoms with Crippen LogP contribution in [0.1, 0.15) is 0 Å². The number of likely N-dealkylation sites (N-methyl/N-ethyl adjacent to an activating group) is 1. The van der Waals surface area contributed by atoms with E-state index in [2.05, 4.69) is 5.32 Å². The van der Waals surface area contributed by atoms with Crippen LogP contribution in [0, 0.1) is 15.9 Å². The Morgan fingerprint density at radius 2 is 2.00 bits per heavy atom. The molecule has 0 unspecified atom stereocenters. The third-order valence-electron chi connectivity index (χ3n) is 3.16. The minimum absolute atomic E-state index is 0.102. The van der Waals surface area contributed by atoms with E-state index in [4.69, 9.17) is 4.74 Å². The second-order valence-corrected chi connectivity index (χ2v) is 4.96. The Kier molecular flexibility index (Phi) is 5.67. The summed E-state index contributed by atoms with van der Waals surface area (Å²) in [5.74, 6) is 0.152. The van der Waals surface area contributed by atoms with Gasteiger partial charge in [-0.25, -0.2) is 9.18 Å². The molecule has 8 heteroatoms. The first kappa shape index (κ1) is 17.2. The predicted molar refractivity (Wildman–Crippen MR) is 86.6 cm³/mol. The van der Waals surface area contributed by atoms with Crippen LogP contribution in [0.2, 0.25) is 0 Å². The minimum Gasteiger partial charge on any atom is -0.492 e. The number of nitrogens with zero attached hydrogens (tertiary/aromatic N) is 2. The number of hydrogen-bond acceptors (Lipinski definition) is 4. The first-order valence-corrected chi connectivity index (χ1v) is 7.10. The van der Waals surface area contributed by atoms with Crippen LogP contribution in [0.15, 0.2) is 48.5 Å². The second kappa shape index (κ2) is 7.91. The average molecular weight is 333 g/mol. The van der Waals surface area contributed by atoms with Gasteiger partial charge in [0, 0.05) is 24.9 Å². The van der Waals surface area contributed by atoms with Crippen molar-refractivity contribution in [2.45, 2.75) is 0 Å². The lowest BCUT2D eigenvalue weighted by atomic mass is 10.3. The van der Waals surface area contributed by atoms with Crippen molar-refractivity contribution < 1.29 is 18.8 Å². The van der Waals surface area contributed by atoms with Crippen molar-refractivity contribution in [3.63, 3.8) is 0 Å². The number of benzene rings is 2. The van der Waals surface area contributed by atoms with Gasteiger partial charge in [-0.05, 0) is 30.3 Å². The number of hydrogen-bond donors (Lipinski definition) is 1. The van der Waals surface area contributed by atoms with Crippen LogP contribution in [0.3, 0.4) is 0 Å². The molecule has 0 spiro atoms. The van der Waals surface area contributed by atoms with Crippen molar-refractivity contribution >= 4 is 17.4 Å². The molecule has 0 saturated carbocycles. The Morgan fingerprint density at radius 3 is 2.67 bits per heavy atom. The number of urea groups is 1. The van der Waals surface area contributed by atoms with Gasteiger partial charge >= 0.3 is 6.03 Å². The van der Waals surface area contributed by atoms with E-state index in [0.717, 1.165) is 0 Å². The van der Waals surface area contributed by atoms with E-state index in [1.165, 1.54) is 47.4 Å². The van der Waals surface area contributed by atoms with Crippen LogP contribution < -0.4 is 10.1 Å². The number of ether oxygens (including phenoxy) is 1. The van der Waals surface area contributed by atoms with Gasteiger partial charge in [-0.3, -0.25) is 10.1 Å². The van der Waals surface area contributed by atoms with Crippen LogP contribution in [-0.4, -0.2) is 36.1 Å². The van der Waals surface area contributed by atoms with Crippen molar-refractivity contribution in [2.24, 2.45) is 0 Å². The summed E-state index contributed by atoms with van der Waals surface area (Å²) in [6, 6.07) is 10.8. The van der Waals surface area contributed by atoms with Crippen LogP contribution in [-0.2, 0) is 0 Å². The Labute approximate surface area is 137 Å². The maximum atomic E-state index is 12.8. The van der Waals surface area contributed by atoms with Gasteiger partial charge in [0.1, 0.15) is 18.2 Å². The molecular formula is C16H16FN3O4. The summed E-state index contributed by atoms with van der Waals surface area (Å²) in [5.41, 5.74) is 0.232. The molecule has 2 aromatic rings. The van der Waals surface area contributed by atoms with Gasteiger partial charge in [-0.15, -0.1) is 0 Å². The first-order valence-electron chi connectivity index (χ1n) is 7.10. The van der Waals surface area contributed by atoms with Gasteiger partial charge in [-0.1, -0.05) is 6.07 Å². The molecule has 0 saturated heterocycles. The van der Waals surface area contributed by atoms with E-state index in [1.54, 1.807) is 13.1 Å². The van der Waals surface area contributed by atoms with E-state index in [0.29, 0.717) is 11.4 Å². The molecule has 126 valence electrons. The van der Waals surface area contributed by atoms with Crippen molar-refractivity contribution in [1.29, 1.82) is 0 Å². The zero-order valence-corrected chi connectivity index (χ0v) is 12.9. The molecule has 0 atom stereocenters. The molecule has 0 heterocycles. The third-order valence-corrected chi connectivity index (χ3v) is 3.16. The van der Waals surface area contributed by atoms with E-state index >= 15 is 0 Å². The molecule has 0 aromatic heterocycles. The Hall–Kier alpha value is -3.16. The second-order valence-electron chi connectivity index (χ2n) is 4.96. The highest BCUT2D eigenvalue weighted by atomic mass is 19.1. The maximum Gasteiger partial charge on any atom is 0.321 e. The SMILES string of the molecule is CN(CCOc1ccc(F)cc1)C(=O)Nc1cccc([N+](=O)[O-])c1. The highest BCUT2D eigenvalue weighted by Crippen LogP contribution is 2.17. The summed E-state index contributed by atoms with van der Waals surface area (Å²) in [4.78, 5) is 23.6. The number of carbonyl (C=O) groups excluding carboxylic acids is 1. The molecule has 0 aliphatic carbocycles. The summed E-state index contributed by atoms with van der Waals surface area (Å²) in [5, 5.41) is 13.3. The zero-order chi connectivity index (χ0) is 17.5. The maximum absolute atomic E-state index is 12.8. The first-order chi connectivity index (χ1) is 11.5. The molecule has 0 aliphatic rings. The molecule has 0 bridgehead atoms. The van der Waals surface area contributed by atoms with Gasteiger partial charge in [0.05, 0.1) is 11.5 Å². The number of rotatable bonds is 6. The summed E-state index contributed by atoms with van der Waals surface area (Å²) < 4.78 is 18.2. The Bertz CT molecular complexity index is 722. The smallest absolute Gasteiger partial charge is 0.321 e. The minimum atomic E-state index is -0.532. The van der Waals surface area contributed by atoms with Gasteiger partial charge in [-0.2, -0.15) is 0 Å². The summed E-state index contributed by atoms with van der Waals surface area (Å²) in [6.07, 6.45) is 0. The number of anilines is 1. The third kappa shape index (κ3) is 4.94. The quantitative estimate of drug-likeness (QED) is 0.649. The highest BCUT2D eigenvalue weighted by molar-refractivity contribution is 5.89. The lowest BCUT2D eigenvalue weighted by Crippen LogP contribution is -2.34. The number of amides is 2. The fraction of sp³-hybridized carbons (Fsp3) is 0.188. The summed E-state index contributed by atoms with van der Waals surface area (Å²) in [7, 11) is 1.57. The number of halogens is 1. The fourth-order valence-electron chi connectivity index (χ4n) is 1.85. The average Bonchev–Trinajstić information content (AvgIpc) is 2.56. The van der Waals surface area contributed by atoms with Gasteiger partial charge in [0.15, 0.2) is 0 Å². The molecule has 2 aromatic carbocycles. The molecule has 1 N–H and O–H groups in total. The molecule has 24 heavy (non-hydrogen) atoms. The molecule has 2 amide bonds. The van der Waals surface area contributed by atoms with Crippen LogP contribution in [0.5, 0.6) is 5.75 Å². The lowest BCUT2D eigenvalue weighted by Gasteiger charge is -2.18. The Balaban J connectivity index is 1.82. The van der Waals surface area contributed by atoms with E-state index in [1.807, 2.05) is 0 Å². The zero-order valence-electron chi connectivity index (χ0n) is 12.9. The summed E-state index contributed by atoms with van der Waals surface area (Å²) >= 11 is 0. The fourth-order valence-corrected chi connectivity index (χ4v) is 1.85. The van der Waals surface area contributed by atoms with E-state index in [9.17, 15) is 19.3 Å². The molecule has 2 rings (SSSR count). The summed E-state index contributed by atoms with van der Waals surface area (Å²) in [6.45, 7) is 0.516. The van der Waals surface area contributed by atoms with Crippen molar-refractivity contribution in [1.82, 2.24) is 4.90 Å². The number of non-ortho nitro benzene ring substituents is 1. The van der Waals surface area contributed by atoms with Crippen LogP contribution in [0.4, 0.5) is 20.6 Å². The number of nitrogens with one attached hydrogen (secondary N) is 1. The monoisotopic (exact) mass is 333 g/mol. The van der Waals surface area contributed by atoms with Crippen LogP contribution >= 0.6 is 0 Å². The number of nitro benzene ring substituents is 1. The highest BCUT2D eigenvalue weighted by Gasteiger charge is 2.11. The topological polar surface area (TPSA) is 84.7 Å². The van der Waals surface area contributed by atoms with Crippen molar-refractivity contribution in [3.8, 4) is 5.75 Å². The molecule has 0 aliphatic heterocycles. The Morgan fingerprint density at radius 1 is 1.29 bits per heavy atom. The van der Waals surface area contributed by atoms with Crippen molar-refractivity contribution in [2.75, 3.05) is 25.5 Å². The van der Waals surface area contributed by atoms with Gasteiger partial charge < -0.3 is 15.0 Å². The predicted octanol–water partition coefficient (Wildman–Crippen LogP) is 3.28. The normalized spacial score (nSPS) is 10.1. The standard InChI is InChI=1S/C16H16FN3O4/c1-19(9-10-24-15-7-5-12(17)6-8-15)16(21)18-13-3-2-4-14(11-13)20(22)23/h2-8,11H,9-10H2,1H3,(H,18,21). The molecule has 7 nitrogen and oxygen atoms in total. The number of nitro groups is 1. The largest absolute Gasteiger partial charge is 0.492 e. The molecular weight excluding hydrogens is 317 g/mol. The van der Waals surface area contributed by atoms with E-state index in [-0.39, 0.29) is 24.7 Å².